The van der Waals surface area contributed by atoms with E-state index in [0.717, 1.165) is 38.4 Å². The number of pyridine rings is 1. The summed E-state index contributed by atoms with van der Waals surface area (Å²) in [6.07, 6.45) is 2.19. The number of rotatable bonds is 4. The Morgan fingerprint density at radius 2 is 2.11 bits per heavy atom. The van der Waals surface area contributed by atoms with Crippen molar-refractivity contribution in [2.45, 2.75) is 19.4 Å². The van der Waals surface area contributed by atoms with Crippen LogP contribution in [0.2, 0.25) is 0 Å². The van der Waals surface area contributed by atoms with E-state index in [4.69, 9.17) is 18.0 Å². The molecule has 0 radical (unpaired) electrons. The van der Waals surface area contributed by atoms with Crippen LogP contribution < -0.4 is 10.6 Å². The number of hydrogen-bond acceptors (Lipinski definition) is 4. The maximum atomic E-state index is 12.8. The van der Waals surface area contributed by atoms with Gasteiger partial charge >= 0.3 is 0 Å². The summed E-state index contributed by atoms with van der Waals surface area (Å²) in [5.41, 5.74) is 5.76. The van der Waals surface area contributed by atoms with Gasteiger partial charge in [-0.15, -0.1) is 0 Å². The van der Waals surface area contributed by atoms with Crippen LogP contribution in [0, 0.1) is 5.82 Å². The standard InChI is InChI=1S/C13H19FN4S/c1-2-11(13(15)19)17-5-7-18(8-6-17)12-4-3-10(14)9-16-12/h3-4,9,11H,2,5-8H2,1H3,(H2,15,19). The molecule has 2 rings (SSSR count). The third-order valence-electron chi connectivity index (χ3n) is 3.51. The average Bonchev–Trinajstić information content (AvgIpc) is 2.41. The molecule has 0 saturated carbocycles. The van der Waals surface area contributed by atoms with Crippen molar-refractivity contribution in [1.29, 1.82) is 0 Å². The second-order valence-electron chi connectivity index (χ2n) is 4.68. The van der Waals surface area contributed by atoms with Gasteiger partial charge in [-0.2, -0.15) is 0 Å². The summed E-state index contributed by atoms with van der Waals surface area (Å²) < 4.78 is 12.8. The van der Waals surface area contributed by atoms with Crippen LogP contribution in [0.4, 0.5) is 10.2 Å². The predicted molar refractivity (Wildman–Crippen MR) is 78.8 cm³/mol. The van der Waals surface area contributed by atoms with Crippen LogP contribution in [-0.2, 0) is 0 Å². The molecule has 104 valence electrons. The third kappa shape index (κ3) is 3.39. The lowest BCUT2D eigenvalue weighted by Gasteiger charge is -2.39. The maximum Gasteiger partial charge on any atom is 0.141 e. The summed E-state index contributed by atoms with van der Waals surface area (Å²) in [4.78, 5) is 9.14. The smallest absolute Gasteiger partial charge is 0.141 e. The van der Waals surface area contributed by atoms with Gasteiger partial charge in [0.1, 0.15) is 11.6 Å². The van der Waals surface area contributed by atoms with Gasteiger partial charge in [-0.25, -0.2) is 9.37 Å². The first-order chi connectivity index (χ1) is 9.11. The molecule has 0 spiro atoms. The van der Waals surface area contributed by atoms with Crippen LogP contribution in [0.15, 0.2) is 18.3 Å². The van der Waals surface area contributed by atoms with E-state index in [0.29, 0.717) is 4.99 Å². The molecule has 2 heterocycles. The Balaban J connectivity index is 1.95. The minimum Gasteiger partial charge on any atom is -0.392 e. The first kappa shape index (κ1) is 14.1. The second-order valence-corrected chi connectivity index (χ2v) is 5.16. The van der Waals surface area contributed by atoms with Gasteiger partial charge in [-0.05, 0) is 18.6 Å². The zero-order valence-electron chi connectivity index (χ0n) is 11.1. The predicted octanol–water partition coefficient (Wildman–Crippen LogP) is 1.41. The Kier molecular flexibility index (Phi) is 4.66. The molecular formula is C13H19FN4S. The van der Waals surface area contributed by atoms with Crippen LogP contribution in [-0.4, -0.2) is 47.1 Å². The van der Waals surface area contributed by atoms with Crippen molar-refractivity contribution in [3.63, 3.8) is 0 Å². The molecule has 2 N–H and O–H groups in total. The molecule has 6 heteroatoms. The number of nitrogens with two attached hydrogens (primary N) is 1. The fraction of sp³-hybridized carbons (Fsp3) is 0.538. The first-order valence-electron chi connectivity index (χ1n) is 6.51. The quantitative estimate of drug-likeness (QED) is 0.846. The minimum absolute atomic E-state index is 0.179. The molecule has 1 aromatic rings. The fourth-order valence-electron chi connectivity index (χ4n) is 2.46. The molecule has 1 saturated heterocycles. The van der Waals surface area contributed by atoms with E-state index >= 15 is 0 Å². The average molecular weight is 282 g/mol. The summed E-state index contributed by atoms with van der Waals surface area (Å²) >= 11 is 5.10. The molecular weight excluding hydrogens is 263 g/mol. The monoisotopic (exact) mass is 282 g/mol. The first-order valence-corrected chi connectivity index (χ1v) is 6.92. The van der Waals surface area contributed by atoms with Gasteiger partial charge in [0.15, 0.2) is 0 Å². The number of halogens is 1. The topological polar surface area (TPSA) is 45.4 Å². The van der Waals surface area contributed by atoms with Crippen molar-refractivity contribution < 1.29 is 4.39 Å². The lowest BCUT2D eigenvalue weighted by atomic mass is 10.1. The van der Waals surface area contributed by atoms with E-state index in [1.54, 1.807) is 6.07 Å². The van der Waals surface area contributed by atoms with Gasteiger partial charge in [0.25, 0.3) is 0 Å². The highest BCUT2D eigenvalue weighted by Crippen LogP contribution is 2.16. The Morgan fingerprint density at radius 1 is 1.42 bits per heavy atom. The number of nitrogens with zero attached hydrogens (tertiary/aromatic N) is 3. The molecule has 1 aliphatic heterocycles. The van der Waals surface area contributed by atoms with Gasteiger partial charge < -0.3 is 10.6 Å². The maximum absolute atomic E-state index is 12.8. The lowest BCUT2D eigenvalue weighted by molar-refractivity contribution is 0.224. The van der Waals surface area contributed by atoms with E-state index in [1.807, 2.05) is 0 Å². The summed E-state index contributed by atoms with van der Waals surface area (Å²) in [5, 5.41) is 0. The highest BCUT2D eigenvalue weighted by molar-refractivity contribution is 7.80. The van der Waals surface area contributed by atoms with Crippen LogP contribution in [0.1, 0.15) is 13.3 Å². The lowest BCUT2D eigenvalue weighted by Crippen LogP contribution is -2.53. The molecule has 1 aromatic heterocycles. The molecule has 0 aromatic carbocycles. The normalized spacial score (nSPS) is 18.3. The number of anilines is 1. The summed E-state index contributed by atoms with van der Waals surface area (Å²) in [6, 6.07) is 3.34. The zero-order valence-corrected chi connectivity index (χ0v) is 11.9. The van der Waals surface area contributed by atoms with Crippen LogP contribution in [0.3, 0.4) is 0 Å². The van der Waals surface area contributed by atoms with Crippen molar-refractivity contribution in [3.05, 3.63) is 24.1 Å². The van der Waals surface area contributed by atoms with Gasteiger partial charge in [-0.1, -0.05) is 19.1 Å². The largest absolute Gasteiger partial charge is 0.392 e. The van der Waals surface area contributed by atoms with Crippen molar-refractivity contribution in [2.24, 2.45) is 5.73 Å². The summed E-state index contributed by atoms with van der Waals surface area (Å²) in [6.45, 7) is 5.61. The highest BCUT2D eigenvalue weighted by Gasteiger charge is 2.24. The molecule has 0 aliphatic carbocycles. The Morgan fingerprint density at radius 3 is 2.58 bits per heavy atom. The highest BCUT2D eigenvalue weighted by atomic mass is 32.1. The third-order valence-corrected chi connectivity index (χ3v) is 3.78. The van der Waals surface area contributed by atoms with Crippen molar-refractivity contribution >= 4 is 23.0 Å². The van der Waals surface area contributed by atoms with Crippen LogP contribution in [0.25, 0.3) is 0 Å². The van der Waals surface area contributed by atoms with Crippen molar-refractivity contribution in [2.75, 3.05) is 31.1 Å². The molecule has 0 bridgehead atoms. The minimum atomic E-state index is -0.304. The molecule has 1 aliphatic rings. The molecule has 19 heavy (non-hydrogen) atoms. The van der Waals surface area contributed by atoms with E-state index in [9.17, 15) is 4.39 Å². The van der Waals surface area contributed by atoms with Gasteiger partial charge in [0, 0.05) is 26.2 Å². The number of thiocarbonyl (C=S) groups is 1. The van der Waals surface area contributed by atoms with E-state index < -0.39 is 0 Å². The Hall–Kier alpha value is -1.27. The molecule has 1 fully saturated rings. The number of hydrogen-bond donors (Lipinski definition) is 1. The van der Waals surface area contributed by atoms with Crippen LogP contribution in [0.5, 0.6) is 0 Å². The van der Waals surface area contributed by atoms with Gasteiger partial charge in [0.2, 0.25) is 0 Å². The Bertz CT molecular complexity index is 429. The zero-order chi connectivity index (χ0) is 13.8. The molecule has 0 amide bonds. The summed E-state index contributed by atoms with van der Waals surface area (Å²) in [5.74, 6) is 0.520. The van der Waals surface area contributed by atoms with Crippen molar-refractivity contribution in [1.82, 2.24) is 9.88 Å². The van der Waals surface area contributed by atoms with E-state index in [2.05, 4.69) is 21.7 Å². The van der Waals surface area contributed by atoms with Gasteiger partial charge in [0.05, 0.1) is 17.2 Å². The Labute approximate surface area is 118 Å². The molecule has 1 atom stereocenters. The van der Waals surface area contributed by atoms with E-state index in [1.165, 1.54) is 12.3 Å². The molecule has 4 nitrogen and oxygen atoms in total. The van der Waals surface area contributed by atoms with Crippen LogP contribution >= 0.6 is 12.2 Å². The van der Waals surface area contributed by atoms with Crippen molar-refractivity contribution in [3.8, 4) is 0 Å². The van der Waals surface area contributed by atoms with Gasteiger partial charge in [-0.3, -0.25) is 4.90 Å². The SMILES string of the molecule is CCC(C(N)=S)N1CCN(c2ccc(F)cn2)CC1. The summed E-state index contributed by atoms with van der Waals surface area (Å²) in [7, 11) is 0. The molecule has 1 unspecified atom stereocenters. The fourth-order valence-corrected chi connectivity index (χ4v) is 2.77. The number of piperazine rings is 1. The second kappa shape index (κ2) is 6.25. The van der Waals surface area contributed by atoms with E-state index in [-0.39, 0.29) is 11.9 Å². The number of aromatic nitrogens is 1.